The molecule has 7 heteroatoms. The molecule has 1 fully saturated rings. The molecule has 0 saturated carbocycles. The number of carboxylic acids is 1. The van der Waals surface area contributed by atoms with Gasteiger partial charge in [0.05, 0.1) is 11.5 Å². The quantitative estimate of drug-likeness (QED) is 0.644. The fourth-order valence-electron chi connectivity index (χ4n) is 1.85. The van der Waals surface area contributed by atoms with E-state index in [1.165, 1.54) is 5.56 Å². The lowest BCUT2D eigenvalue weighted by Gasteiger charge is -2.04. The van der Waals surface area contributed by atoms with E-state index in [2.05, 4.69) is 29.4 Å². The molecule has 1 aliphatic heterocycles. The summed E-state index contributed by atoms with van der Waals surface area (Å²) in [6.07, 6.45) is 1.24. The summed E-state index contributed by atoms with van der Waals surface area (Å²) in [6.45, 7) is 4.25. The summed E-state index contributed by atoms with van der Waals surface area (Å²) in [5.74, 6) is -1.18. The highest BCUT2D eigenvalue weighted by Crippen LogP contribution is 2.22. The van der Waals surface area contributed by atoms with Crippen molar-refractivity contribution in [2.24, 2.45) is 10.2 Å². The van der Waals surface area contributed by atoms with E-state index in [1.54, 1.807) is 6.21 Å². The summed E-state index contributed by atoms with van der Waals surface area (Å²) < 4.78 is 0. The maximum Gasteiger partial charge on any atom is 0.239 e. The smallest absolute Gasteiger partial charge is 0.239 e. The number of aliphatic carboxylic acids is 1. The molecule has 1 saturated heterocycles. The minimum Gasteiger partial charge on any atom is -0.550 e. The molecule has 0 aromatic heterocycles. The number of carbonyl (C=O) groups excluding carboxylic acids is 2. The van der Waals surface area contributed by atoms with Gasteiger partial charge in [-0.25, -0.2) is 0 Å². The van der Waals surface area contributed by atoms with Crippen LogP contribution in [0.25, 0.3) is 0 Å². The van der Waals surface area contributed by atoms with Gasteiger partial charge in [-0.05, 0) is 17.0 Å². The summed E-state index contributed by atoms with van der Waals surface area (Å²) in [5.41, 5.74) is 2.14. The Bertz CT molecular complexity index is 623. The van der Waals surface area contributed by atoms with Crippen LogP contribution in [0.1, 0.15) is 37.3 Å². The van der Waals surface area contributed by atoms with Gasteiger partial charge in [0.15, 0.2) is 5.17 Å². The number of thioether (sulfide) groups is 1. The van der Waals surface area contributed by atoms with E-state index in [9.17, 15) is 14.7 Å². The molecule has 1 aromatic rings. The fraction of sp³-hybridized carbons (Fsp3) is 0.333. The van der Waals surface area contributed by atoms with Crippen molar-refractivity contribution in [1.29, 1.82) is 0 Å². The van der Waals surface area contributed by atoms with Crippen LogP contribution in [-0.4, -0.2) is 28.5 Å². The molecule has 2 rings (SSSR count). The lowest BCUT2D eigenvalue weighted by atomic mass is 10.0. The standard InChI is InChI=1S/C15H17N3O3S/c1-9(2)11-5-3-10(4-6-11)8-16-18-15-17-14(21)12(22-15)7-13(19)20/h3-6,8-9,12H,7H2,1-2H3,(H,19,20)(H,17,18,21)/p-1/b16-8-/t12-/m1/s1. The highest BCUT2D eigenvalue weighted by molar-refractivity contribution is 8.15. The second-order valence-corrected chi connectivity index (χ2v) is 6.33. The first-order chi connectivity index (χ1) is 10.5. The molecule has 0 radical (unpaired) electrons. The van der Waals surface area contributed by atoms with Gasteiger partial charge < -0.3 is 15.2 Å². The lowest BCUT2D eigenvalue weighted by molar-refractivity contribution is -0.305. The Hall–Kier alpha value is -2.15. The van der Waals surface area contributed by atoms with E-state index in [1.807, 2.05) is 24.3 Å². The Kier molecular flexibility index (Phi) is 5.32. The van der Waals surface area contributed by atoms with Crippen LogP contribution in [0.4, 0.5) is 0 Å². The van der Waals surface area contributed by atoms with Crippen LogP contribution in [-0.2, 0) is 9.59 Å². The molecule has 1 aliphatic rings. The molecule has 1 amide bonds. The van der Waals surface area contributed by atoms with Gasteiger partial charge in [0.2, 0.25) is 5.91 Å². The molecule has 1 N–H and O–H groups in total. The van der Waals surface area contributed by atoms with Crippen molar-refractivity contribution in [2.45, 2.75) is 31.4 Å². The van der Waals surface area contributed by atoms with E-state index in [4.69, 9.17) is 0 Å². The Balaban J connectivity index is 1.96. The number of benzene rings is 1. The first kappa shape index (κ1) is 16.2. The predicted octanol–water partition coefficient (Wildman–Crippen LogP) is 0.871. The molecule has 1 heterocycles. The highest BCUT2D eigenvalue weighted by atomic mass is 32.2. The van der Waals surface area contributed by atoms with Crippen LogP contribution in [0, 0.1) is 0 Å². The topological polar surface area (TPSA) is 94.0 Å². The zero-order valence-corrected chi connectivity index (χ0v) is 13.1. The maximum atomic E-state index is 11.5. The average molecular weight is 318 g/mol. The molecule has 6 nitrogen and oxygen atoms in total. The number of hydrogen-bond acceptors (Lipinski definition) is 6. The molecule has 116 valence electrons. The number of carbonyl (C=O) groups is 2. The summed E-state index contributed by atoms with van der Waals surface area (Å²) in [5, 5.41) is 20.4. The summed E-state index contributed by atoms with van der Waals surface area (Å²) >= 11 is 1.04. The number of nitrogens with one attached hydrogen (secondary N) is 1. The van der Waals surface area contributed by atoms with Crippen molar-refractivity contribution in [2.75, 3.05) is 0 Å². The molecular formula is C15H16N3O3S-. The normalized spacial score (nSPS) is 20.0. The summed E-state index contributed by atoms with van der Waals surface area (Å²) in [7, 11) is 0. The first-order valence-electron chi connectivity index (χ1n) is 6.84. The second kappa shape index (κ2) is 7.22. The van der Waals surface area contributed by atoms with Gasteiger partial charge in [-0.15, -0.1) is 5.10 Å². The lowest BCUT2D eigenvalue weighted by Crippen LogP contribution is -2.31. The minimum atomic E-state index is -1.26. The molecule has 22 heavy (non-hydrogen) atoms. The Labute approximate surface area is 132 Å². The molecule has 0 aliphatic carbocycles. The van der Waals surface area contributed by atoms with Gasteiger partial charge >= 0.3 is 0 Å². The number of carboxylic acid groups (broad SMARTS) is 1. The third-order valence-corrected chi connectivity index (χ3v) is 4.16. The third-order valence-electron chi connectivity index (χ3n) is 3.09. The van der Waals surface area contributed by atoms with Crippen LogP contribution >= 0.6 is 11.8 Å². The summed E-state index contributed by atoms with van der Waals surface area (Å²) in [4.78, 5) is 22.0. The second-order valence-electron chi connectivity index (χ2n) is 5.14. The van der Waals surface area contributed by atoms with Crippen molar-refractivity contribution in [1.82, 2.24) is 5.32 Å². The molecule has 0 unspecified atom stereocenters. The van der Waals surface area contributed by atoms with E-state index in [-0.39, 0.29) is 12.3 Å². The van der Waals surface area contributed by atoms with Gasteiger partial charge in [-0.1, -0.05) is 49.9 Å². The van der Waals surface area contributed by atoms with Crippen molar-refractivity contribution in [3.63, 3.8) is 0 Å². The summed E-state index contributed by atoms with van der Waals surface area (Å²) in [6, 6.07) is 7.94. The van der Waals surface area contributed by atoms with Crippen molar-refractivity contribution < 1.29 is 14.7 Å². The minimum absolute atomic E-state index is 0.298. The number of hydrogen-bond donors (Lipinski definition) is 1. The highest BCUT2D eigenvalue weighted by Gasteiger charge is 2.30. The van der Waals surface area contributed by atoms with E-state index < -0.39 is 11.2 Å². The fourth-order valence-corrected chi connectivity index (χ4v) is 2.76. The van der Waals surface area contributed by atoms with E-state index >= 15 is 0 Å². The zero-order chi connectivity index (χ0) is 16.1. The Morgan fingerprint density at radius 2 is 2.09 bits per heavy atom. The van der Waals surface area contributed by atoms with Gasteiger partial charge in [-0.2, -0.15) is 5.10 Å². The largest absolute Gasteiger partial charge is 0.550 e. The van der Waals surface area contributed by atoms with Crippen LogP contribution < -0.4 is 10.4 Å². The number of nitrogens with zero attached hydrogens (tertiary/aromatic N) is 2. The van der Waals surface area contributed by atoms with Crippen LogP contribution in [0.3, 0.4) is 0 Å². The van der Waals surface area contributed by atoms with Crippen LogP contribution in [0.15, 0.2) is 34.5 Å². The van der Waals surface area contributed by atoms with Crippen LogP contribution in [0.5, 0.6) is 0 Å². The van der Waals surface area contributed by atoms with E-state index in [0.717, 1.165) is 17.3 Å². The van der Waals surface area contributed by atoms with Gasteiger partial charge in [-0.3, -0.25) is 4.79 Å². The molecule has 0 bridgehead atoms. The predicted molar refractivity (Wildman–Crippen MR) is 84.7 cm³/mol. The number of amides is 1. The third kappa shape index (κ3) is 4.42. The Morgan fingerprint density at radius 1 is 1.41 bits per heavy atom. The SMILES string of the molecule is CC(C)c1ccc(/C=N\N=C2\NC(=O)[C@@H](CC(=O)[O-])S2)cc1. The number of rotatable bonds is 5. The van der Waals surface area contributed by atoms with Crippen molar-refractivity contribution in [3.8, 4) is 0 Å². The van der Waals surface area contributed by atoms with Crippen molar-refractivity contribution in [3.05, 3.63) is 35.4 Å². The molecule has 1 atom stereocenters. The maximum absolute atomic E-state index is 11.5. The van der Waals surface area contributed by atoms with Gasteiger partial charge in [0, 0.05) is 12.4 Å². The van der Waals surface area contributed by atoms with Gasteiger partial charge in [0.1, 0.15) is 0 Å². The number of amidine groups is 1. The molecule has 0 spiro atoms. The average Bonchev–Trinajstić information content (AvgIpc) is 2.79. The Morgan fingerprint density at radius 3 is 2.68 bits per heavy atom. The van der Waals surface area contributed by atoms with E-state index in [0.29, 0.717) is 11.1 Å². The van der Waals surface area contributed by atoms with Crippen molar-refractivity contribution >= 4 is 35.0 Å². The molecule has 1 aromatic carbocycles. The van der Waals surface area contributed by atoms with Gasteiger partial charge in [0.25, 0.3) is 0 Å². The first-order valence-corrected chi connectivity index (χ1v) is 7.72. The molecular weight excluding hydrogens is 302 g/mol. The van der Waals surface area contributed by atoms with Crippen LogP contribution in [0.2, 0.25) is 0 Å². The monoisotopic (exact) mass is 318 g/mol. The zero-order valence-electron chi connectivity index (χ0n) is 12.3.